The Labute approximate surface area is 143 Å². The fraction of sp³-hybridized carbons (Fsp3) is 0.500. The lowest BCUT2D eigenvalue weighted by Gasteiger charge is -2.32. The zero-order valence-electron chi connectivity index (χ0n) is 13.5. The van der Waals surface area contributed by atoms with Crippen molar-refractivity contribution in [3.63, 3.8) is 0 Å². The zero-order valence-corrected chi connectivity index (χ0v) is 14.3. The second kappa shape index (κ2) is 6.96. The molecule has 1 aliphatic heterocycles. The Balaban J connectivity index is 1.96. The van der Waals surface area contributed by atoms with Crippen LogP contribution in [0.4, 0.5) is 0 Å². The highest BCUT2D eigenvalue weighted by atomic mass is 32.2. The van der Waals surface area contributed by atoms with E-state index in [-0.39, 0.29) is 29.3 Å². The van der Waals surface area contributed by atoms with Gasteiger partial charge in [0, 0.05) is 6.04 Å². The van der Waals surface area contributed by atoms with Gasteiger partial charge in [0.15, 0.2) is 0 Å². The van der Waals surface area contributed by atoms with E-state index < -0.39 is 16.1 Å². The number of nitrogens with one attached hydrogen (secondary N) is 1. The second-order valence-corrected chi connectivity index (χ2v) is 8.28. The predicted octanol–water partition coefficient (Wildman–Crippen LogP) is 1.76. The number of sulfonamides is 1. The van der Waals surface area contributed by atoms with E-state index in [0.29, 0.717) is 6.42 Å². The first-order valence-corrected chi connectivity index (χ1v) is 9.79. The number of hydrogen-bond donors (Lipinski definition) is 1. The molecule has 0 aromatic heterocycles. The van der Waals surface area contributed by atoms with Gasteiger partial charge in [-0.3, -0.25) is 4.79 Å². The first kappa shape index (κ1) is 17.0. The average Bonchev–Trinajstić information content (AvgIpc) is 3.00. The van der Waals surface area contributed by atoms with E-state index >= 15 is 0 Å². The molecule has 24 heavy (non-hydrogen) atoms. The molecular weight excluding hydrogens is 324 g/mol. The average molecular weight is 346 g/mol. The number of carbonyl (C=O) groups is 1. The molecule has 0 bridgehead atoms. The fourth-order valence-electron chi connectivity index (χ4n) is 3.96. The molecule has 1 saturated carbocycles. The summed E-state index contributed by atoms with van der Waals surface area (Å²) in [5.41, 5.74) is 0. The molecule has 1 aromatic rings. The molecule has 3 rings (SSSR count). The normalized spacial score (nSPS) is 27.2. The Morgan fingerprint density at radius 1 is 1.25 bits per heavy atom. The molecule has 128 valence electrons. The maximum atomic E-state index is 13.2. The first-order valence-electron chi connectivity index (χ1n) is 8.35. The summed E-state index contributed by atoms with van der Waals surface area (Å²) in [7, 11) is -3.71. The molecule has 1 N–H and O–H groups in total. The van der Waals surface area contributed by atoms with Crippen molar-refractivity contribution in [1.29, 1.82) is 0 Å². The number of amides is 1. The number of fused-ring (bicyclic) bond motifs is 1. The standard InChI is InChI=1S/C18H22N2O3S/c1-2-12-19-18(21)17-13-14-8-6-7-11-16(14)20(17)24(22,23)15-9-4-3-5-10-15/h1,3-5,9-10,14,16-17H,6-8,11-13H2,(H,19,21)/t14-,16+,17-/m0/s1. The van der Waals surface area contributed by atoms with Crippen LogP contribution in [-0.2, 0) is 14.8 Å². The van der Waals surface area contributed by atoms with E-state index in [2.05, 4.69) is 11.2 Å². The smallest absolute Gasteiger partial charge is 0.244 e. The second-order valence-electron chi connectivity index (χ2n) is 6.43. The summed E-state index contributed by atoms with van der Waals surface area (Å²) < 4.78 is 27.8. The zero-order chi connectivity index (χ0) is 17.2. The van der Waals surface area contributed by atoms with Gasteiger partial charge in [0.1, 0.15) is 6.04 Å². The van der Waals surface area contributed by atoms with Gasteiger partial charge >= 0.3 is 0 Å². The monoisotopic (exact) mass is 346 g/mol. The molecule has 3 atom stereocenters. The molecule has 1 heterocycles. The highest BCUT2D eigenvalue weighted by Crippen LogP contribution is 2.42. The summed E-state index contributed by atoms with van der Waals surface area (Å²) in [5.74, 6) is 2.33. The van der Waals surface area contributed by atoms with Gasteiger partial charge in [0.05, 0.1) is 11.4 Å². The molecule has 0 unspecified atom stereocenters. The van der Waals surface area contributed by atoms with Gasteiger partial charge in [0.25, 0.3) is 0 Å². The van der Waals surface area contributed by atoms with Gasteiger partial charge in [-0.25, -0.2) is 8.42 Å². The van der Waals surface area contributed by atoms with Crippen molar-refractivity contribution in [3.8, 4) is 12.3 Å². The maximum absolute atomic E-state index is 13.2. The fourth-order valence-corrected chi connectivity index (χ4v) is 5.85. The predicted molar refractivity (Wildman–Crippen MR) is 91.5 cm³/mol. The quantitative estimate of drug-likeness (QED) is 0.845. The van der Waals surface area contributed by atoms with Gasteiger partial charge in [-0.05, 0) is 37.3 Å². The Bertz CT molecular complexity index is 739. The SMILES string of the molecule is C#CCNC(=O)[C@@H]1C[C@@H]2CCCC[C@H]2N1S(=O)(=O)c1ccccc1. The molecule has 0 spiro atoms. The van der Waals surface area contributed by atoms with Gasteiger partial charge in [-0.15, -0.1) is 6.42 Å². The maximum Gasteiger partial charge on any atom is 0.244 e. The Kier molecular flexibility index (Phi) is 4.93. The third-order valence-corrected chi connectivity index (χ3v) is 6.96. The van der Waals surface area contributed by atoms with Crippen LogP contribution in [0.25, 0.3) is 0 Å². The van der Waals surface area contributed by atoms with Crippen LogP contribution in [0, 0.1) is 18.3 Å². The largest absolute Gasteiger partial charge is 0.344 e. The van der Waals surface area contributed by atoms with Crippen LogP contribution >= 0.6 is 0 Å². The van der Waals surface area contributed by atoms with Crippen LogP contribution in [-0.4, -0.2) is 37.3 Å². The molecule has 1 aliphatic carbocycles. The van der Waals surface area contributed by atoms with Crippen LogP contribution in [0.5, 0.6) is 0 Å². The minimum absolute atomic E-state index is 0.0921. The molecule has 5 nitrogen and oxygen atoms in total. The first-order chi connectivity index (χ1) is 11.6. The molecule has 2 aliphatic rings. The molecular formula is C18H22N2O3S. The van der Waals surface area contributed by atoms with E-state index in [0.717, 1.165) is 25.7 Å². The van der Waals surface area contributed by atoms with Crippen LogP contribution in [0.15, 0.2) is 35.2 Å². The van der Waals surface area contributed by atoms with Crippen LogP contribution in [0.2, 0.25) is 0 Å². The van der Waals surface area contributed by atoms with Crippen LogP contribution in [0.1, 0.15) is 32.1 Å². The van der Waals surface area contributed by atoms with E-state index in [1.807, 2.05) is 0 Å². The Morgan fingerprint density at radius 3 is 2.67 bits per heavy atom. The van der Waals surface area contributed by atoms with Crippen molar-refractivity contribution in [1.82, 2.24) is 9.62 Å². The third-order valence-electron chi connectivity index (χ3n) is 5.01. The number of terminal acetylenes is 1. The molecule has 0 radical (unpaired) electrons. The van der Waals surface area contributed by atoms with E-state index in [1.54, 1.807) is 30.3 Å². The molecule has 6 heteroatoms. The molecule has 1 saturated heterocycles. The minimum Gasteiger partial charge on any atom is -0.344 e. The minimum atomic E-state index is -3.71. The van der Waals surface area contributed by atoms with Crippen LogP contribution in [0.3, 0.4) is 0 Å². The summed E-state index contributed by atoms with van der Waals surface area (Å²) in [6, 6.07) is 7.60. The van der Waals surface area contributed by atoms with Crippen molar-refractivity contribution in [2.45, 2.75) is 49.1 Å². The highest BCUT2D eigenvalue weighted by Gasteiger charge is 2.50. The lowest BCUT2D eigenvalue weighted by molar-refractivity contribution is -0.124. The van der Waals surface area contributed by atoms with Gasteiger partial charge in [-0.2, -0.15) is 4.31 Å². The number of nitrogens with zero attached hydrogens (tertiary/aromatic N) is 1. The van der Waals surface area contributed by atoms with Crippen LogP contribution < -0.4 is 5.32 Å². The van der Waals surface area contributed by atoms with E-state index in [4.69, 9.17) is 6.42 Å². The molecule has 1 aromatic carbocycles. The van der Waals surface area contributed by atoms with Crippen molar-refractivity contribution in [2.75, 3.05) is 6.54 Å². The highest BCUT2D eigenvalue weighted by molar-refractivity contribution is 7.89. The number of rotatable bonds is 4. The summed E-state index contributed by atoms with van der Waals surface area (Å²) in [6.45, 7) is 0.115. The summed E-state index contributed by atoms with van der Waals surface area (Å²) >= 11 is 0. The molecule has 1 amide bonds. The lowest BCUT2D eigenvalue weighted by atomic mass is 9.85. The lowest BCUT2D eigenvalue weighted by Crippen LogP contribution is -2.49. The topological polar surface area (TPSA) is 66.5 Å². The van der Waals surface area contributed by atoms with Crippen molar-refractivity contribution >= 4 is 15.9 Å². The third kappa shape index (κ3) is 3.06. The van der Waals surface area contributed by atoms with Crippen molar-refractivity contribution in [2.24, 2.45) is 5.92 Å². The number of carbonyl (C=O) groups excluding carboxylic acids is 1. The van der Waals surface area contributed by atoms with E-state index in [9.17, 15) is 13.2 Å². The summed E-state index contributed by atoms with van der Waals surface area (Å²) in [6.07, 6.45) is 9.67. The van der Waals surface area contributed by atoms with Gasteiger partial charge < -0.3 is 5.32 Å². The Hall–Kier alpha value is -1.84. The van der Waals surface area contributed by atoms with Crippen molar-refractivity contribution < 1.29 is 13.2 Å². The number of benzene rings is 1. The van der Waals surface area contributed by atoms with Gasteiger partial charge in [0.2, 0.25) is 15.9 Å². The molecule has 2 fully saturated rings. The summed E-state index contributed by atoms with van der Waals surface area (Å²) in [5, 5.41) is 2.66. The Morgan fingerprint density at radius 2 is 1.96 bits per heavy atom. The van der Waals surface area contributed by atoms with Crippen molar-refractivity contribution in [3.05, 3.63) is 30.3 Å². The van der Waals surface area contributed by atoms with Gasteiger partial charge in [-0.1, -0.05) is 37.0 Å². The van der Waals surface area contributed by atoms with E-state index in [1.165, 1.54) is 4.31 Å². The number of hydrogen-bond acceptors (Lipinski definition) is 3. The summed E-state index contributed by atoms with van der Waals surface area (Å²) in [4.78, 5) is 12.8.